The van der Waals surface area contributed by atoms with Gasteiger partial charge in [0.05, 0.1) is 29.1 Å². The predicted molar refractivity (Wildman–Crippen MR) is 149 cm³/mol. The molecule has 2 aliphatic rings. The van der Waals surface area contributed by atoms with Gasteiger partial charge in [0, 0.05) is 38.4 Å². The van der Waals surface area contributed by atoms with Crippen LogP contribution in [0.5, 0.6) is 0 Å². The first-order valence-electron chi connectivity index (χ1n) is 13.7. The molecule has 7 nitrogen and oxygen atoms in total. The Morgan fingerprint density at radius 3 is 2.37 bits per heavy atom. The minimum atomic E-state index is -4.41. The molecule has 0 N–H and O–H groups in total. The number of piperazine rings is 1. The first kappa shape index (κ1) is 26.9. The average Bonchev–Trinajstić information content (AvgIpc) is 3.37. The molecule has 0 radical (unpaired) electrons. The number of fused-ring (bicyclic) bond motifs is 3. The summed E-state index contributed by atoms with van der Waals surface area (Å²) in [5, 5.41) is 0. The van der Waals surface area contributed by atoms with Gasteiger partial charge in [-0.1, -0.05) is 48.5 Å². The molecule has 0 spiro atoms. The second-order valence-electron chi connectivity index (χ2n) is 10.6. The van der Waals surface area contributed by atoms with Crippen molar-refractivity contribution in [1.82, 2.24) is 19.4 Å². The van der Waals surface area contributed by atoms with E-state index in [9.17, 15) is 22.8 Å². The number of carbonyl (C=O) groups is 2. The van der Waals surface area contributed by atoms with Crippen LogP contribution in [-0.2, 0) is 22.3 Å². The number of aromatic nitrogens is 2. The number of nitrogens with zero attached hydrogens (tertiary/aromatic N) is 5. The van der Waals surface area contributed by atoms with E-state index in [2.05, 4.69) is 0 Å². The van der Waals surface area contributed by atoms with Gasteiger partial charge in [-0.15, -0.1) is 0 Å². The van der Waals surface area contributed by atoms with Crippen LogP contribution in [-0.4, -0.2) is 57.3 Å². The monoisotopic (exact) mass is 561 g/mol. The zero-order chi connectivity index (χ0) is 28.7. The number of anilines is 1. The van der Waals surface area contributed by atoms with Crippen LogP contribution in [0.3, 0.4) is 0 Å². The van der Waals surface area contributed by atoms with E-state index in [0.717, 1.165) is 34.6 Å². The molecule has 0 bridgehead atoms. The van der Waals surface area contributed by atoms with Crippen molar-refractivity contribution in [2.24, 2.45) is 0 Å². The summed E-state index contributed by atoms with van der Waals surface area (Å²) in [6.45, 7) is 3.90. The third-order valence-corrected chi connectivity index (χ3v) is 8.08. The number of benzene rings is 3. The van der Waals surface area contributed by atoms with Crippen molar-refractivity contribution in [3.8, 4) is 0 Å². The second kappa shape index (κ2) is 10.6. The fourth-order valence-corrected chi connectivity index (χ4v) is 5.88. The maximum atomic E-state index is 14.0. The molecule has 1 aromatic heterocycles. The van der Waals surface area contributed by atoms with Crippen LogP contribution >= 0.6 is 0 Å². The molecule has 3 heterocycles. The van der Waals surface area contributed by atoms with E-state index in [1.165, 1.54) is 6.07 Å². The first-order valence-corrected chi connectivity index (χ1v) is 13.7. The van der Waals surface area contributed by atoms with Gasteiger partial charge in [0.1, 0.15) is 11.9 Å². The first-order chi connectivity index (χ1) is 19.7. The zero-order valence-corrected chi connectivity index (χ0v) is 22.6. The van der Waals surface area contributed by atoms with Crippen molar-refractivity contribution in [3.05, 3.63) is 95.8 Å². The van der Waals surface area contributed by atoms with Crippen molar-refractivity contribution in [1.29, 1.82) is 0 Å². The molecule has 0 unspecified atom stereocenters. The van der Waals surface area contributed by atoms with Gasteiger partial charge in [0.2, 0.25) is 11.8 Å². The third-order valence-electron chi connectivity index (χ3n) is 8.08. The number of amides is 2. The maximum absolute atomic E-state index is 14.0. The normalized spacial score (nSPS) is 19.5. The molecule has 4 aromatic rings. The smallest absolute Gasteiger partial charge is 0.368 e. The number of imidazole rings is 1. The van der Waals surface area contributed by atoms with Crippen LogP contribution in [0.4, 0.5) is 18.9 Å². The van der Waals surface area contributed by atoms with E-state index < -0.39 is 17.8 Å². The Morgan fingerprint density at radius 2 is 1.63 bits per heavy atom. The molecular formula is C31H30F3N5O2. The van der Waals surface area contributed by atoms with Crippen molar-refractivity contribution < 1.29 is 22.8 Å². The number of hydrogen-bond acceptors (Lipinski definition) is 4. The highest BCUT2D eigenvalue weighted by molar-refractivity contribution is 5.91. The van der Waals surface area contributed by atoms with Gasteiger partial charge in [-0.3, -0.25) is 9.59 Å². The quantitative estimate of drug-likeness (QED) is 0.326. The highest BCUT2D eigenvalue weighted by Crippen LogP contribution is 2.38. The fraction of sp³-hybridized carbons (Fsp3) is 0.323. The highest BCUT2D eigenvalue weighted by atomic mass is 19.4. The molecule has 2 aliphatic heterocycles. The summed E-state index contributed by atoms with van der Waals surface area (Å²) in [6.07, 6.45) is -4.43. The number of para-hydroxylation sites is 2. The van der Waals surface area contributed by atoms with Crippen molar-refractivity contribution >= 4 is 28.5 Å². The molecule has 2 atom stereocenters. The number of hydrogen-bond donors (Lipinski definition) is 0. The summed E-state index contributed by atoms with van der Waals surface area (Å²) in [5.41, 5.74) is 2.37. The number of carbonyl (C=O) groups excluding carboxylic acids is 2. The van der Waals surface area contributed by atoms with Crippen LogP contribution in [0.2, 0.25) is 0 Å². The lowest BCUT2D eigenvalue weighted by Gasteiger charge is -2.40. The number of halogens is 3. The molecule has 41 heavy (non-hydrogen) atoms. The lowest BCUT2D eigenvalue weighted by atomic mass is 10.0. The minimum absolute atomic E-state index is 0.0201. The molecule has 1 fully saturated rings. The summed E-state index contributed by atoms with van der Waals surface area (Å²) in [7, 11) is 0. The van der Waals surface area contributed by atoms with Crippen LogP contribution in [0.1, 0.15) is 42.4 Å². The van der Waals surface area contributed by atoms with Crippen LogP contribution < -0.4 is 4.90 Å². The SMILES string of the molecule is C[C@H]1c2nc3ccccc3n2[C@@H](CC(=O)N2CCN(c3cccc(C(F)(F)F)c3)CC2)C(=O)N1Cc1ccccc1. The van der Waals surface area contributed by atoms with Gasteiger partial charge < -0.3 is 19.3 Å². The van der Waals surface area contributed by atoms with Gasteiger partial charge in [-0.2, -0.15) is 13.2 Å². The van der Waals surface area contributed by atoms with Gasteiger partial charge in [-0.25, -0.2) is 4.98 Å². The fourth-order valence-electron chi connectivity index (χ4n) is 5.88. The maximum Gasteiger partial charge on any atom is 0.416 e. The Hall–Kier alpha value is -4.34. The molecule has 10 heteroatoms. The Labute approximate surface area is 235 Å². The van der Waals surface area contributed by atoms with E-state index in [-0.39, 0.29) is 24.3 Å². The van der Waals surface area contributed by atoms with Crippen molar-refractivity contribution in [2.45, 2.75) is 38.1 Å². The third kappa shape index (κ3) is 5.14. The lowest BCUT2D eigenvalue weighted by molar-refractivity contribution is -0.144. The summed E-state index contributed by atoms with van der Waals surface area (Å²) in [6, 6.07) is 21.6. The summed E-state index contributed by atoms with van der Waals surface area (Å²) < 4.78 is 41.5. The Balaban J connectivity index is 1.22. The molecule has 0 aliphatic carbocycles. The summed E-state index contributed by atoms with van der Waals surface area (Å²) in [4.78, 5) is 37.8. The van der Waals surface area contributed by atoms with Gasteiger partial charge in [-0.05, 0) is 42.8 Å². The standard InChI is InChI=1S/C31H30F3N5O2/c1-21-29-35-25-12-5-6-13-26(25)39(29)27(30(41)38(21)20-22-8-3-2-4-9-22)19-28(40)37-16-14-36(15-17-37)24-11-7-10-23(18-24)31(32,33)34/h2-13,18,21,27H,14-17,19-20H2,1H3/t21-,27-/m0/s1. The van der Waals surface area contributed by atoms with Crippen molar-refractivity contribution in [2.75, 3.05) is 31.1 Å². The molecule has 2 amide bonds. The van der Waals surface area contributed by atoms with E-state index in [4.69, 9.17) is 4.98 Å². The second-order valence-corrected chi connectivity index (χ2v) is 10.6. The molecule has 212 valence electrons. The van der Waals surface area contributed by atoms with E-state index in [1.807, 2.05) is 71.0 Å². The topological polar surface area (TPSA) is 61.7 Å². The Kier molecular flexibility index (Phi) is 6.93. The zero-order valence-electron chi connectivity index (χ0n) is 22.6. The van der Waals surface area contributed by atoms with Crippen molar-refractivity contribution in [3.63, 3.8) is 0 Å². The Morgan fingerprint density at radius 1 is 0.927 bits per heavy atom. The highest BCUT2D eigenvalue weighted by Gasteiger charge is 2.41. The Bertz CT molecular complexity index is 1580. The number of alkyl halides is 3. The minimum Gasteiger partial charge on any atom is -0.368 e. The summed E-state index contributed by atoms with van der Waals surface area (Å²) >= 11 is 0. The van der Waals surface area contributed by atoms with Crippen LogP contribution in [0, 0.1) is 0 Å². The molecule has 1 saturated heterocycles. The van der Waals surface area contributed by atoms with Crippen LogP contribution in [0.15, 0.2) is 78.9 Å². The van der Waals surface area contributed by atoms with E-state index >= 15 is 0 Å². The average molecular weight is 562 g/mol. The van der Waals surface area contributed by atoms with E-state index in [0.29, 0.717) is 38.4 Å². The van der Waals surface area contributed by atoms with Gasteiger partial charge in [0.25, 0.3) is 0 Å². The van der Waals surface area contributed by atoms with E-state index in [1.54, 1.807) is 15.9 Å². The molecular weight excluding hydrogens is 531 g/mol. The lowest BCUT2D eigenvalue weighted by Crippen LogP contribution is -2.51. The number of rotatable bonds is 5. The predicted octanol–water partition coefficient (Wildman–Crippen LogP) is 5.44. The molecule has 3 aromatic carbocycles. The van der Waals surface area contributed by atoms with Crippen LogP contribution in [0.25, 0.3) is 11.0 Å². The molecule has 6 rings (SSSR count). The summed E-state index contributed by atoms with van der Waals surface area (Å²) in [5.74, 6) is 0.451. The molecule has 0 saturated carbocycles. The largest absolute Gasteiger partial charge is 0.416 e. The van der Waals surface area contributed by atoms with Gasteiger partial charge >= 0.3 is 6.18 Å². The van der Waals surface area contributed by atoms with Gasteiger partial charge in [0.15, 0.2) is 0 Å².